The van der Waals surface area contributed by atoms with Gasteiger partial charge in [0.05, 0.1) is 30.6 Å². The van der Waals surface area contributed by atoms with E-state index in [0.29, 0.717) is 12.6 Å². The molecule has 24 heavy (non-hydrogen) atoms. The average molecular weight is 328 g/mol. The fourth-order valence-corrected chi connectivity index (χ4v) is 3.69. The van der Waals surface area contributed by atoms with Gasteiger partial charge < -0.3 is 10.1 Å². The van der Waals surface area contributed by atoms with Crippen LogP contribution in [-0.4, -0.2) is 46.2 Å². The largest absolute Gasteiger partial charge is 0.371 e. The molecule has 126 valence electrons. The zero-order valence-electron chi connectivity index (χ0n) is 13.5. The van der Waals surface area contributed by atoms with Crippen LogP contribution in [0.1, 0.15) is 18.4 Å². The van der Waals surface area contributed by atoms with E-state index < -0.39 is 5.82 Å². The van der Waals surface area contributed by atoms with Gasteiger partial charge in [0, 0.05) is 26.1 Å². The maximum Gasteiger partial charge on any atom is 0.223 e. The van der Waals surface area contributed by atoms with Crippen LogP contribution in [0.4, 0.5) is 10.3 Å². The van der Waals surface area contributed by atoms with Crippen molar-refractivity contribution in [2.24, 2.45) is 0 Å². The van der Waals surface area contributed by atoms with E-state index in [-0.39, 0.29) is 11.6 Å². The van der Waals surface area contributed by atoms with Crippen LogP contribution in [0.15, 0.2) is 42.7 Å². The van der Waals surface area contributed by atoms with Crippen molar-refractivity contribution in [1.29, 1.82) is 0 Å². The predicted octanol–water partition coefficient (Wildman–Crippen LogP) is 2.46. The van der Waals surface area contributed by atoms with E-state index in [2.05, 4.69) is 44.5 Å². The van der Waals surface area contributed by atoms with Crippen molar-refractivity contribution in [1.82, 2.24) is 14.9 Å². The van der Waals surface area contributed by atoms with Crippen LogP contribution < -0.4 is 5.32 Å². The molecule has 0 radical (unpaired) electrons. The molecule has 2 saturated heterocycles. The molecule has 1 N–H and O–H groups in total. The number of nitrogens with one attached hydrogen (secondary N) is 1. The second-order valence-electron chi connectivity index (χ2n) is 6.71. The fourth-order valence-electron chi connectivity index (χ4n) is 3.69. The van der Waals surface area contributed by atoms with E-state index in [0.717, 1.165) is 32.5 Å². The molecule has 0 amide bonds. The Morgan fingerprint density at radius 1 is 1.25 bits per heavy atom. The molecule has 0 saturated carbocycles. The van der Waals surface area contributed by atoms with Crippen LogP contribution in [0.25, 0.3) is 0 Å². The van der Waals surface area contributed by atoms with Gasteiger partial charge in [-0.3, -0.25) is 4.90 Å². The molecule has 0 aliphatic carbocycles. The third kappa shape index (κ3) is 3.39. The SMILES string of the molecule is Fc1cnc(N[C@H]2CO[C@@]3(CCN(Cc4ccccc4)C3)C2)nc1. The first-order chi connectivity index (χ1) is 11.7. The third-order valence-corrected chi connectivity index (χ3v) is 4.81. The van der Waals surface area contributed by atoms with Crippen molar-refractivity contribution < 1.29 is 9.13 Å². The van der Waals surface area contributed by atoms with Gasteiger partial charge in [-0.25, -0.2) is 14.4 Å². The highest BCUT2D eigenvalue weighted by molar-refractivity contribution is 5.26. The molecule has 0 bridgehead atoms. The average Bonchev–Trinajstić information content (AvgIpc) is 3.17. The molecule has 2 aliphatic rings. The maximum absolute atomic E-state index is 12.9. The number of rotatable bonds is 4. The molecule has 3 heterocycles. The number of anilines is 1. The van der Waals surface area contributed by atoms with Crippen LogP contribution in [0, 0.1) is 5.82 Å². The standard InChI is InChI=1S/C18H21FN4O/c19-15-9-20-17(21-10-15)22-16-8-18(24-12-16)6-7-23(13-18)11-14-4-2-1-3-5-14/h1-5,9-10,16H,6-8,11-13H2,(H,20,21,22)/t16-,18+/m1/s1. The summed E-state index contributed by atoms with van der Waals surface area (Å²) >= 11 is 0. The molecule has 4 rings (SSSR count). The third-order valence-electron chi connectivity index (χ3n) is 4.81. The maximum atomic E-state index is 12.9. The highest BCUT2D eigenvalue weighted by Gasteiger charge is 2.45. The summed E-state index contributed by atoms with van der Waals surface area (Å²) in [7, 11) is 0. The van der Waals surface area contributed by atoms with Crippen LogP contribution in [0.3, 0.4) is 0 Å². The first kappa shape index (κ1) is 15.5. The Morgan fingerprint density at radius 2 is 2.04 bits per heavy atom. The smallest absolute Gasteiger partial charge is 0.223 e. The molecule has 2 aromatic rings. The lowest BCUT2D eigenvalue weighted by Gasteiger charge is -2.23. The lowest BCUT2D eigenvalue weighted by atomic mass is 9.97. The molecule has 1 aromatic carbocycles. The number of ether oxygens (including phenoxy) is 1. The minimum atomic E-state index is -0.424. The fraction of sp³-hybridized carbons (Fsp3) is 0.444. The Morgan fingerprint density at radius 3 is 2.83 bits per heavy atom. The second kappa shape index (κ2) is 6.45. The molecular weight excluding hydrogens is 307 g/mol. The minimum absolute atomic E-state index is 0.0769. The van der Waals surface area contributed by atoms with Gasteiger partial charge >= 0.3 is 0 Å². The molecule has 2 fully saturated rings. The van der Waals surface area contributed by atoms with Gasteiger partial charge in [-0.2, -0.15) is 0 Å². The summed E-state index contributed by atoms with van der Waals surface area (Å²) in [6.45, 7) is 3.60. The van der Waals surface area contributed by atoms with Gasteiger partial charge in [0.2, 0.25) is 5.95 Å². The molecule has 5 nitrogen and oxygen atoms in total. The summed E-state index contributed by atoms with van der Waals surface area (Å²) in [5, 5.41) is 3.25. The Balaban J connectivity index is 1.33. The first-order valence-electron chi connectivity index (χ1n) is 8.35. The van der Waals surface area contributed by atoms with E-state index >= 15 is 0 Å². The van der Waals surface area contributed by atoms with Crippen molar-refractivity contribution in [2.45, 2.75) is 31.0 Å². The van der Waals surface area contributed by atoms with Gasteiger partial charge in [0.1, 0.15) is 0 Å². The van der Waals surface area contributed by atoms with Crippen molar-refractivity contribution in [3.63, 3.8) is 0 Å². The van der Waals surface area contributed by atoms with Crippen LogP contribution in [0.5, 0.6) is 0 Å². The Labute approximate surface area is 140 Å². The molecular formula is C18H21FN4O. The second-order valence-corrected chi connectivity index (χ2v) is 6.71. The van der Waals surface area contributed by atoms with E-state index in [1.807, 2.05) is 6.07 Å². The highest BCUT2D eigenvalue weighted by atomic mass is 19.1. The summed E-state index contributed by atoms with van der Waals surface area (Å²) in [4.78, 5) is 10.4. The van der Waals surface area contributed by atoms with E-state index in [1.54, 1.807) is 0 Å². The van der Waals surface area contributed by atoms with Gasteiger partial charge in [0.15, 0.2) is 5.82 Å². The van der Waals surface area contributed by atoms with Gasteiger partial charge in [0.25, 0.3) is 0 Å². The molecule has 6 heteroatoms. The zero-order valence-corrected chi connectivity index (χ0v) is 13.5. The monoisotopic (exact) mass is 328 g/mol. The number of halogens is 1. The summed E-state index contributed by atoms with van der Waals surface area (Å²) in [5.74, 6) is 0.0354. The van der Waals surface area contributed by atoms with Crippen LogP contribution >= 0.6 is 0 Å². The van der Waals surface area contributed by atoms with Crippen molar-refractivity contribution >= 4 is 5.95 Å². The van der Waals surface area contributed by atoms with Crippen molar-refractivity contribution in [3.05, 3.63) is 54.1 Å². The van der Waals surface area contributed by atoms with E-state index in [9.17, 15) is 4.39 Å². The Hall–Kier alpha value is -2.05. The number of likely N-dealkylation sites (tertiary alicyclic amines) is 1. The highest BCUT2D eigenvalue weighted by Crippen LogP contribution is 2.36. The number of nitrogens with zero attached hydrogens (tertiary/aromatic N) is 3. The van der Waals surface area contributed by atoms with E-state index in [4.69, 9.17) is 4.74 Å². The molecule has 1 aromatic heterocycles. The minimum Gasteiger partial charge on any atom is -0.371 e. The van der Waals surface area contributed by atoms with Crippen molar-refractivity contribution in [3.8, 4) is 0 Å². The van der Waals surface area contributed by atoms with Crippen LogP contribution in [0.2, 0.25) is 0 Å². The first-order valence-corrected chi connectivity index (χ1v) is 8.35. The normalized spacial score (nSPS) is 27.0. The number of hydrogen-bond acceptors (Lipinski definition) is 5. The van der Waals surface area contributed by atoms with Crippen molar-refractivity contribution in [2.75, 3.05) is 25.0 Å². The Kier molecular flexibility index (Phi) is 4.16. The number of benzene rings is 1. The van der Waals surface area contributed by atoms with Crippen LogP contribution in [-0.2, 0) is 11.3 Å². The molecule has 0 unspecified atom stereocenters. The lowest BCUT2D eigenvalue weighted by Crippen LogP contribution is -2.33. The summed E-state index contributed by atoms with van der Waals surface area (Å²) in [6, 6.07) is 10.7. The summed E-state index contributed by atoms with van der Waals surface area (Å²) in [6.07, 6.45) is 4.33. The lowest BCUT2D eigenvalue weighted by molar-refractivity contribution is 0.0120. The summed E-state index contributed by atoms with van der Waals surface area (Å²) in [5.41, 5.74) is 1.26. The molecule has 2 atom stereocenters. The topological polar surface area (TPSA) is 50.3 Å². The van der Waals surface area contributed by atoms with Gasteiger partial charge in [-0.05, 0) is 12.0 Å². The quantitative estimate of drug-likeness (QED) is 0.934. The zero-order chi connectivity index (χ0) is 16.4. The van der Waals surface area contributed by atoms with E-state index in [1.165, 1.54) is 18.0 Å². The number of aromatic nitrogens is 2. The van der Waals surface area contributed by atoms with Gasteiger partial charge in [-0.15, -0.1) is 0 Å². The number of hydrogen-bond donors (Lipinski definition) is 1. The Bertz CT molecular complexity index is 681. The summed E-state index contributed by atoms with van der Waals surface area (Å²) < 4.78 is 19.0. The molecule has 1 spiro atoms. The molecule has 2 aliphatic heterocycles. The predicted molar refractivity (Wildman–Crippen MR) is 89.0 cm³/mol. The van der Waals surface area contributed by atoms with Gasteiger partial charge in [-0.1, -0.05) is 30.3 Å².